The number of benzene rings is 1. The number of aryl methyl sites for hydroxylation is 1. The van der Waals surface area contributed by atoms with Crippen molar-refractivity contribution in [3.05, 3.63) is 23.0 Å². The molecule has 1 aromatic rings. The molecule has 1 aromatic carbocycles. The Morgan fingerprint density at radius 3 is 2.44 bits per heavy atom. The van der Waals surface area contributed by atoms with Crippen LogP contribution >= 0.6 is 0 Å². The molecule has 0 saturated carbocycles. The average Bonchev–Trinajstić information content (AvgIpc) is 2.27. The normalized spacial score (nSPS) is 10.0. The Kier molecular flexibility index (Phi) is 4.28. The van der Waals surface area contributed by atoms with Crippen molar-refractivity contribution in [2.75, 3.05) is 14.2 Å². The highest BCUT2D eigenvalue weighted by Crippen LogP contribution is 2.36. The second-order valence-electron chi connectivity index (χ2n) is 3.43. The first kappa shape index (κ1) is 12.5. The summed E-state index contributed by atoms with van der Waals surface area (Å²) in [6.07, 6.45) is 1.73. The van der Waals surface area contributed by atoms with Crippen LogP contribution in [-0.4, -0.2) is 20.5 Å². The number of hydrogen-bond donors (Lipinski definition) is 0. The summed E-state index contributed by atoms with van der Waals surface area (Å²) in [6.45, 7) is 1.78. The van der Waals surface area contributed by atoms with Crippen molar-refractivity contribution in [2.24, 2.45) is 0 Å². The molecule has 0 aliphatic heterocycles. The van der Waals surface area contributed by atoms with Crippen molar-refractivity contribution >= 4 is 6.29 Å². The van der Waals surface area contributed by atoms with Gasteiger partial charge in [0.05, 0.1) is 14.2 Å². The lowest BCUT2D eigenvalue weighted by Gasteiger charge is -2.15. The molecular formula is C12H15FO3. The lowest BCUT2D eigenvalue weighted by atomic mass is 10.0. The van der Waals surface area contributed by atoms with Gasteiger partial charge in [0.15, 0.2) is 17.3 Å². The highest BCUT2D eigenvalue weighted by atomic mass is 19.1. The fourth-order valence-corrected chi connectivity index (χ4v) is 1.69. The first-order chi connectivity index (χ1) is 7.65. The number of methoxy groups -OCH3 is 2. The average molecular weight is 226 g/mol. The molecule has 0 saturated heterocycles. The topological polar surface area (TPSA) is 35.5 Å². The van der Waals surface area contributed by atoms with Crippen LogP contribution in [0.15, 0.2) is 6.07 Å². The molecule has 0 fully saturated rings. The van der Waals surface area contributed by atoms with E-state index in [1.807, 2.05) is 0 Å². The number of ether oxygens (including phenoxy) is 2. The monoisotopic (exact) mass is 226 g/mol. The number of hydrogen-bond acceptors (Lipinski definition) is 3. The third kappa shape index (κ3) is 2.32. The zero-order valence-electron chi connectivity index (χ0n) is 9.67. The van der Waals surface area contributed by atoms with Gasteiger partial charge in [-0.2, -0.15) is 0 Å². The fourth-order valence-electron chi connectivity index (χ4n) is 1.69. The second-order valence-corrected chi connectivity index (χ2v) is 3.43. The van der Waals surface area contributed by atoms with E-state index in [-0.39, 0.29) is 5.75 Å². The molecule has 4 heteroatoms. The minimum atomic E-state index is -0.452. The molecule has 0 unspecified atom stereocenters. The number of carbonyl (C=O) groups is 1. The summed E-state index contributed by atoms with van der Waals surface area (Å²) in [5.74, 6) is 0.0163. The molecule has 16 heavy (non-hydrogen) atoms. The maximum atomic E-state index is 13.5. The fraction of sp³-hybridized carbons (Fsp3) is 0.417. The second kappa shape index (κ2) is 5.49. The molecule has 0 aliphatic rings. The van der Waals surface area contributed by atoms with E-state index < -0.39 is 5.82 Å². The molecule has 0 spiro atoms. The Balaban J connectivity index is 3.27. The minimum absolute atomic E-state index is 0.0917. The Labute approximate surface area is 94.2 Å². The van der Waals surface area contributed by atoms with Crippen LogP contribution < -0.4 is 9.47 Å². The van der Waals surface area contributed by atoms with E-state index in [1.165, 1.54) is 20.3 Å². The summed E-state index contributed by atoms with van der Waals surface area (Å²) in [4.78, 5) is 10.4. The van der Waals surface area contributed by atoms with E-state index in [0.717, 1.165) is 17.4 Å². The number of carbonyl (C=O) groups excluding carboxylic acids is 1. The third-order valence-electron chi connectivity index (χ3n) is 2.44. The van der Waals surface area contributed by atoms with E-state index in [9.17, 15) is 9.18 Å². The molecule has 3 nitrogen and oxygen atoms in total. The zero-order valence-corrected chi connectivity index (χ0v) is 9.67. The molecule has 0 bridgehead atoms. The van der Waals surface area contributed by atoms with Crippen LogP contribution in [0.4, 0.5) is 4.39 Å². The Morgan fingerprint density at radius 1 is 1.31 bits per heavy atom. The molecule has 0 N–H and O–H groups in total. The van der Waals surface area contributed by atoms with Gasteiger partial charge in [0.25, 0.3) is 0 Å². The van der Waals surface area contributed by atoms with Crippen LogP contribution in [0.3, 0.4) is 0 Å². The van der Waals surface area contributed by atoms with Gasteiger partial charge < -0.3 is 14.3 Å². The molecule has 0 amide bonds. The van der Waals surface area contributed by atoms with Gasteiger partial charge in [0.2, 0.25) is 0 Å². The predicted octanol–water partition coefficient (Wildman–Crippen LogP) is 2.28. The van der Waals surface area contributed by atoms with E-state index >= 15 is 0 Å². The van der Waals surface area contributed by atoms with Crippen LogP contribution in [0.1, 0.15) is 17.5 Å². The van der Waals surface area contributed by atoms with Gasteiger partial charge in [-0.1, -0.05) is 0 Å². The van der Waals surface area contributed by atoms with Gasteiger partial charge in [0, 0.05) is 12.0 Å². The van der Waals surface area contributed by atoms with E-state index in [0.29, 0.717) is 18.6 Å². The van der Waals surface area contributed by atoms with Crippen molar-refractivity contribution in [3.63, 3.8) is 0 Å². The third-order valence-corrected chi connectivity index (χ3v) is 2.44. The van der Waals surface area contributed by atoms with Gasteiger partial charge in [0.1, 0.15) is 6.29 Å². The summed E-state index contributed by atoms with van der Waals surface area (Å²) < 4.78 is 23.6. The highest BCUT2D eigenvalue weighted by Gasteiger charge is 2.17. The van der Waals surface area contributed by atoms with Crippen LogP contribution in [0.5, 0.6) is 11.5 Å². The quantitative estimate of drug-likeness (QED) is 0.722. The van der Waals surface area contributed by atoms with Gasteiger partial charge >= 0.3 is 0 Å². The van der Waals surface area contributed by atoms with Crippen molar-refractivity contribution in [2.45, 2.75) is 19.8 Å². The van der Waals surface area contributed by atoms with Crippen LogP contribution in [0.2, 0.25) is 0 Å². The molecule has 0 atom stereocenters. The standard InChI is InChI=1S/C12H15FO3/c1-8-7-10(13)12(16-3)11(15-2)9(8)5-4-6-14/h6-7H,4-5H2,1-3H3. The summed E-state index contributed by atoms with van der Waals surface area (Å²) in [7, 11) is 2.85. The zero-order chi connectivity index (χ0) is 12.1. The summed E-state index contributed by atoms with van der Waals surface area (Å²) >= 11 is 0. The van der Waals surface area contributed by atoms with Crippen molar-refractivity contribution < 1.29 is 18.7 Å². The Bertz CT molecular complexity index is 388. The van der Waals surface area contributed by atoms with Crippen molar-refractivity contribution in [1.82, 2.24) is 0 Å². The molecule has 88 valence electrons. The number of rotatable bonds is 5. The first-order valence-corrected chi connectivity index (χ1v) is 4.99. The van der Waals surface area contributed by atoms with Crippen LogP contribution in [0.25, 0.3) is 0 Å². The molecule has 0 heterocycles. The summed E-state index contributed by atoms with van der Waals surface area (Å²) in [5.41, 5.74) is 1.57. The van der Waals surface area contributed by atoms with E-state index in [2.05, 4.69) is 0 Å². The molecule has 0 aliphatic carbocycles. The smallest absolute Gasteiger partial charge is 0.197 e. The molecular weight excluding hydrogens is 211 g/mol. The van der Waals surface area contributed by atoms with E-state index in [4.69, 9.17) is 9.47 Å². The summed E-state index contributed by atoms with van der Waals surface area (Å²) in [6, 6.07) is 1.39. The van der Waals surface area contributed by atoms with Crippen molar-refractivity contribution in [1.29, 1.82) is 0 Å². The van der Waals surface area contributed by atoms with Crippen LogP contribution in [-0.2, 0) is 11.2 Å². The van der Waals surface area contributed by atoms with Crippen molar-refractivity contribution in [3.8, 4) is 11.5 Å². The minimum Gasteiger partial charge on any atom is -0.492 e. The number of aldehydes is 1. The Hall–Kier alpha value is -1.58. The SMILES string of the molecule is COc1c(F)cc(C)c(CCC=O)c1OC. The van der Waals surface area contributed by atoms with Gasteiger partial charge in [-0.05, 0) is 25.0 Å². The molecule has 1 rings (SSSR count). The lowest BCUT2D eigenvalue weighted by molar-refractivity contribution is -0.107. The van der Waals surface area contributed by atoms with Crippen LogP contribution in [0, 0.1) is 12.7 Å². The highest BCUT2D eigenvalue weighted by molar-refractivity contribution is 5.55. The van der Waals surface area contributed by atoms with Gasteiger partial charge in [-0.3, -0.25) is 0 Å². The van der Waals surface area contributed by atoms with Gasteiger partial charge in [-0.25, -0.2) is 4.39 Å². The van der Waals surface area contributed by atoms with Gasteiger partial charge in [-0.15, -0.1) is 0 Å². The number of halogens is 1. The lowest BCUT2D eigenvalue weighted by Crippen LogP contribution is -2.02. The largest absolute Gasteiger partial charge is 0.492 e. The molecule has 0 radical (unpaired) electrons. The first-order valence-electron chi connectivity index (χ1n) is 4.99. The maximum Gasteiger partial charge on any atom is 0.197 e. The molecule has 0 aromatic heterocycles. The summed E-state index contributed by atoms with van der Waals surface area (Å²) in [5, 5.41) is 0. The maximum absolute atomic E-state index is 13.5. The van der Waals surface area contributed by atoms with E-state index in [1.54, 1.807) is 6.92 Å². The predicted molar refractivity (Wildman–Crippen MR) is 58.6 cm³/mol. The Morgan fingerprint density at radius 2 is 1.94 bits per heavy atom.